The Labute approximate surface area is 124 Å². The highest BCUT2D eigenvalue weighted by Gasteiger charge is 2.35. The lowest BCUT2D eigenvalue weighted by Gasteiger charge is -2.31. The Morgan fingerprint density at radius 2 is 1.90 bits per heavy atom. The molecule has 2 fully saturated rings. The Bertz CT molecular complexity index is 506. The van der Waals surface area contributed by atoms with E-state index in [9.17, 15) is 9.59 Å². The number of likely N-dealkylation sites (tertiary alicyclic amines) is 1. The van der Waals surface area contributed by atoms with Crippen molar-refractivity contribution in [1.29, 1.82) is 0 Å². The number of rotatable bonds is 4. The Kier molecular flexibility index (Phi) is 4.18. The van der Waals surface area contributed by atoms with Crippen LogP contribution in [0.1, 0.15) is 31.4 Å². The third kappa shape index (κ3) is 3.60. The number of carbonyl (C=O) groups excluding carboxylic acids is 2. The Hall–Kier alpha value is -1.91. The fourth-order valence-electron chi connectivity index (χ4n) is 2.78. The van der Waals surface area contributed by atoms with Crippen LogP contribution in [-0.2, 0) is 16.1 Å². The van der Waals surface area contributed by atoms with Gasteiger partial charge < -0.3 is 10.2 Å². The molecule has 0 unspecified atom stereocenters. The lowest BCUT2D eigenvalue weighted by Crippen LogP contribution is -2.43. The fourth-order valence-corrected chi connectivity index (χ4v) is 2.78. The molecule has 5 nitrogen and oxygen atoms in total. The molecule has 112 valence electrons. The zero-order valence-electron chi connectivity index (χ0n) is 12.1. The molecule has 0 spiro atoms. The van der Waals surface area contributed by atoms with Gasteiger partial charge in [-0.25, -0.2) is 0 Å². The minimum Gasteiger partial charge on any atom is -0.350 e. The third-order valence-electron chi connectivity index (χ3n) is 4.27. The van der Waals surface area contributed by atoms with E-state index in [0.717, 1.165) is 44.5 Å². The zero-order valence-corrected chi connectivity index (χ0v) is 12.1. The normalized spacial score (nSPS) is 19.3. The van der Waals surface area contributed by atoms with Crippen molar-refractivity contribution in [2.24, 2.45) is 11.8 Å². The molecule has 1 aromatic rings. The van der Waals surface area contributed by atoms with Crippen molar-refractivity contribution >= 4 is 11.8 Å². The number of carbonyl (C=O) groups is 2. The van der Waals surface area contributed by atoms with E-state index in [1.807, 2.05) is 23.1 Å². The molecule has 5 heteroatoms. The topological polar surface area (TPSA) is 62.3 Å². The molecule has 2 amide bonds. The second kappa shape index (κ2) is 6.24. The molecule has 1 saturated heterocycles. The average Bonchev–Trinajstić information content (AvgIpc) is 3.38. The standard InChI is InChI=1S/C16H21N3O2/c20-15(18-11-14-3-1-2-8-17-14)12-6-9-19(10-7-12)16(21)13-4-5-13/h1-3,8,12-13H,4-7,9-11H2,(H,18,20). The van der Waals surface area contributed by atoms with Crippen molar-refractivity contribution in [2.45, 2.75) is 32.2 Å². The first kappa shape index (κ1) is 14.0. The summed E-state index contributed by atoms with van der Waals surface area (Å²) in [6.45, 7) is 1.91. The van der Waals surface area contributed by atoms with Gasteiger partial charge in [-0.05, 0) is 37.8 Å². The summed E-state index contributed by atoms with van der Waals surface area (Å²) < 4.78 is 0. The number of aromatic nitrogens is 1. The molecule has 0 bridgehead atoms. The summed E-state index contributed by atoms with van der Waals surface area (Å²) in [6.07, 6.45) is 5.36. The predicted octanol–water partition coefficient (Wildman–Crippen LogP) is 1.35. The minimum atomic E-state index is 0.0250. The highest BCUT2D eigenvalue weighted by atomic mass is 16.2. The van der Waals surface area contributed by atoms with Gasteiger partial charge in [0.1, 0.15) is 0 Å². The molecule has 0 aromatic carbocycles. The molecule has 1 aliphatic carbocycles. The number of hydrogen-bond donors (Lipinski definition) is 1. The molecule has 2 aliphatic rings. The molecular formula is C16H21N3O2. The summed E-state index contributed by atoms with van der Waals surface area (Å²) in [4.78, 5) is 30.2. The van der Waals surface area contributed by atoms with Crippen molar-refractivity contribution in [2.75, 3.05) is 13.1 Å². The van der Waals surface area contributed by atoms with Gasteiger partial charge in [0.15, 0.2) is 0 Å². The Morgan fingerprint density at radius 3 is 2.52 bits per heavy atom. The SMILES string of the molecule is O=C(NCc1ccccn1)C1CCN(C(=O)C2CC2)CC1. The maximum absolute atomic E-state index is 12.2. The van der Waals surface area contributed by atoms with E-state index in [0.29, 0.717) is 12.5 Å². The summed E-state index contributed by atoms with van der Waals surface area (Å²) in [6, 6.07) is 5.67. The van der Waals surface area contributed by atoms with Crippen LogP contribution in [0.2, 0.25) is 0 Å². The summed E-state index contributed by atoms with van der Waals surface area (Å²) in [5, 5.41) is 2.94. The molecule has 2 heterocycles. The van der Waals surface area contributed by atoms with Crippen LogP contribution in [0, 0.1) is 11.8 Å². The lowest BCUT2D eigenvalue weighted by atomic mass is 9.95. The zero-order chi connectivity index (χ0) is 14.7. The Morgan fingerprint density at radius 1 is 1.14 bits per heavy atom. The minimum absolute atomic E-state index is 0.0250. The maximum atomic E-state index is 12.2. The van der Waals surface area contributed by atoms with E-state index in [-0.39, 0.29) is 17.7 Å². The van der Waals surface area contributed by atoms with Crippen molar-refractivity contribution in [3.05, 3.63) is 30.1 Å². The van der Waals surface area contributed by atoms with Gasteiger partial charge >= 0.3 is 0 Å². The van der Waals surface area contributed by atoms with Crippen LogP contribution in [0.3, 0.4) is 0 Å². The first-order valence-electron chi connectivity index (χ1n) is 7.70. The van der Waals surface area contributed by atoms with Crippen LogP contribution in [0.4, 0.5) is 0 Å². The van der Waals surface area contributed by atoms with Crippen LogP contribution in [-0.4, -0.2) is 34.8 Å². The number of nitrogens with zero attached hydrogens (tertiary/aromatic N) is 2. The van der Waals surface area contributed by atoms with Gasteiger partial charge in [0, 0.05) is 31.1 Å². The van der Waals surface area contributed by atoms with E-state index in [4.69, 9.17) is 0 Å². The number of amides is 2. The van der Waals surface area contributed by atoms with E-state index in [1.54, 1.807) is 6.20 Å². The van der Waals surface area contributed by atoms with Gasteiger partial charge in [0.25, 0.3) is 0 Å². The van der Waals surface area contributed by atoms with Gasteiger partial charge in [-0.1, -0.05) is 6.07 Å². The van der Waals surface area contributed by atoms with Gasteiger partial charge in [0.05, 0.1) is 12.2 Å². The highest BCUT2D eigenvalue weighted by molar-refractivity contribution is 5.82. The van der Waals surface area contributed by atoms with E-state index < -0.39 is 0 Å². The molecule has 0 radical (unpaired) electrons. The fraction of sp³-hybridized carbons (Fsp3) is 0.562. The second-order valence-electron chi connectivity index (χ2n) is 5.91. The van der Waals surface area contributed by atoms with Crippen LogP contribution in [0.5, 0.6) is 0 Å². The molecule has 1 N–H and O–H groups in total. The largest absolute Gasteiger partial charge is 0.350 e. The van der Waals surface area contributed by atoms with E-state index >= 15 is 0 Å². The first-order valence-corrected chi connectivity index (χ1v) is 7.70. The molecule has 0 atom stereocenters. The summed E-state index contributed by atoms with van der Waals surface area (Å²) in [7, 11) is 0. The summed E-state index contributed by atoms with van der Waals surface area (Å²) >= 11 is 0. The van der Waals surface area contributed by atoms with Crippen molar-refractivity contribution in [3.8, 4) is 0 Å². The molecule has 1 aromatic heterocycles. The number of nitrogens with one attached hydrogen (secondary N) is 1. The monoisotopic (exact) mass is 287 g/mol. The molecule has 1 aliphatic heterocycles. The Balaban J connectivity index is 1.43. The molecular weight excluding hydrogens is 266 g/mol. The molecule has 21 heavy (non-hydrogen) atoms. The number of pyridine rings is 1. The average molecular weight is 287 g/mol. The van der Waals surface area contributed by atoms with Gasteiger partial charge in [0.2, 0.25) is 11.8 Å². The van der Waals surface area contributed by atoms with Gasteiger partial charge in [-0.15, -0.1) is 0 Å². The van der Waals surface area contributed by atoms with Gasteiger partial charge in [-0.2, -0.15) is 0 Å². The quantitative estimate of drug-likeness (QED) is 0.909. The van der Waals surface area contributed by atoms with Crippen LogP contribution in [0.15, 0.2) is 24.4 Å². The van der Waals surface area contributed by atoms with Crippen LogP contribution in [0.25, 0.3) is 0 Å². The van der Waals surface area contributed by atoms with E-state index in [2.05, 4.69) is 10.3 Å². The summed E-state index contributed by atoms with van der Waals surface area (Å²) in [5.41, 5.74) is 0.868. The highest BCUT2D eigenvalue weighted by Crippen LogP contribution is 2.32. The second-order valence-corrected chi connectivity index (χ2v) is 5.91. The first-order chi connectivity index (χ1) is 10.2. The number of piperidine rings is 1. The van der Waals surface area contributed by atoms with Crippen molar-refractivity contribution < 1.29 is 9.59 Å². The predicted molar refractivity (Wildman–Crippen MR) is 78.1 cm³/mol. The number of hydrogen-bond acceptors (Lipinski definition) is 3. The maximum Gasteiger partial charge on any atom is 0.225 e. The van der Waals surface area contributed by atoms with Crippen LogP contribution < -0.4 is 5.32 Å². The van der Waals surface area contributed by atoms with Crippen molar-refractivity contribution in [1.82, 2.24) is 15.2 Å². The smallest absolute Gasteiger partial charge is 0.225 e. The molecule has 3 rings (SSSR count). The third-order valence-corrected chi connectivity index (χ3v) is 4.27. The molecule has 1 saturated carbocycles. The summed E-state index contributed by atoms with van der Waals surface area (Å²) in [5.74, 6) is 0.679. The van der Waals surface area contributed by atoms with E-state index in [1.165, 1.54) is 0 Å². The van der Waals surface area contributed by atoms with Crippen molar-refractivity contribution in [3.63, 3.8) is 0 Å². The van der Waals surface area contributed by atoms with Crippen LogP contribution >= 0.6 is 0 Å². The van der Waals surface area contributed by atoms with Gasteiger partial charge in [-0.3, -0.25) is 14.6 Å². The lowest BCUT2D eigenvalue weighted by molar-refractivity contribution is -0.136.